The summed E-state index contributed by atoms with van der Waals surface area (Å²) in [4.78, 5) is 23.3. The Bertz CT molecular complexity index is 825. The van der Waals surface area contributed by atoms with Crippen LogP contribution in [0.4, 0.5) is 14.5 Å². The van der Waals surface area contributed by atoms with Gasteiger partial charge in [-0.05, 0) is 31.2 Å². The lowest BCUT2D eigenvalue weighted by atomic mass is 10.1. The van der Waals surface area contributed by atoms with Gasteiger partial charge < -0.3 is 19.8 Å². The number of likely N-dealkylation sites (N-methyl/N-ethyl adjacent to an activating group) is 1. The fourth-order valence-electron chi connectivity index (χ4n) is 2.35. The quantitative estimate of drug-likeness (QED) is 0.747. The Kier molecular flexibility index (Phi) is 6.11. The van der Waals surface area contributed by atoms with Crippen LogP contribution in [0.2, 0.25) is 0 Å². The van der Waals surface area contributed by atoms with Gasteiger partial charge in [0, 0.05) is 18.2 Å². The van der Waals surface area contributed by atoms with E-state index in [-0.39, 0.29) is 30.0 Å². The van der Waals surface area contributed by atoms with E-state index >= 15 is 0 Å². The number of hydrogen-bond acceptors (Lipinski definition) is 4. The van der Waals surface area contributed by atoms with Crippen molar-refractivity contribution in [1.82, 2.24) is 0 Å². The van der Waals surface area contributed by atoms with Crippen LogP contribution in [0, 0.1) is 11.6 Å². The molecule has 0 aliphatic heterocycles. The van der Waals surface area contributed by atoms with E-state index in [0.29, 0.717) is 12.2 Å². The molecule has 0 saturated carbocycles. The topological polar surface area (TPSA) is 87.1 Å². The summed E-state index contributed by atoms with van der Waals surface area (Å²) in [5.74, 6) is -3.60. The number of anilines is 1. The predicted octanol–water partition coefficient (Wildman–Crippen LogP) is 3.15. The molecule has 26 heavy (non-hydrogen) atoms. The molecule has 0 aromatic heterocycles. The zero-order valence-electron chi connectivity index (χ0n) is 13.9. The lowest BCUT2D eigenvalue weighted by Gasteiger charge is -2.23. The number of benzene rings is 2. The SMILES string of the molecule is CCN(CC(=O)O)c1ccc(F)cc1OCc1ccc(C(=O)O)cc1F. The summed E-state index contributed by atoms with van der Waals surface area (Å²) in [6.45, 7) is 1.50. The minimum atomic E-state index is -1.25. The number of aromatic carboxylic acids is 1. The van der Waals surface area contributed by atoms with E-state index in [4.69, 9.17) is 14.9 Å². The van der Waals surface area contributed by atoms with Gasteiger partial charge in [-0.25, -0.2) is 13.6 Å². The first-order valence-corrected chi connectivity index (χ1v) is 7.72. The van der Waals surface area contributed by atoms with E-state index in [2.05, 4.69) is 0 Å². The van der Waals surface area contributed by atoms with Crippen LogP contribution in [-0.4, -0.2) is 35.2 Å². The van der Waals surface area contributed by atoms with Crippen LogP contribution in [-0.2, 0) is 11.4 Å². The first-order chi connectivity index (χ1) is 12.3. The summed E-state index contributed by atoms with van der Waals surface area (Å²) in [6, 6.07) is 7.03. The van der Waals surface area contributed by atoms with Crippen LogP contribution < -0.4 is 9.64 Å². The summed E-state index contributed by atoms with van der Waals surface area (Å²) >= 11 is 0. The molecule has 8 heteroatoms. The van der Waals surface area contributed by atoms with E-state index < -0.39 is 23.6 Å². The zero-order valence-corrected chi connectivity index (χ0v) is 13.9. The molecule has 2 N–H and O–H groups in total. The van der Waals surface area contributed by atoms with E-state index in [9.17, 15) is 18.4 Å². The van der Waals surface area contributed by atoms with Gasteiger partial charge in [-0.2, -0.15) is 0 Å². The smallest absolute Gasteiger partial charge is 0.335 e. The molecule has 0 fully saturated rings. The molecular weight excluding hydrogens is 348 g/mol. The van der Waals surface area contributed by atoms with Crippen LogP contribution in [0.5, 0.6) is 5.75 Å². The summed E-state index contributed by atoms with van der Waals surface area (Å²) in [6.07, 6.45) is 0. The van der Waals surface area contributed by atoms with Gasteiger partial charge in [-0.3, -0.25) is 4.79 Å². The highest BCUT2D eigenvalue weighted by atomic mass is 19.1. The molecule has 0 aliphatic rings. The van der Waals surface area contributed by atoms with Crippen molar-refractivity contribution in [3.05, 3.63) is 59.2 Å². The molecule has 6 nitrogen and oxygen atoms in total. The molecule has 0 amide bonds. The number of rotatable bonds is 8. The van der Waals surface area contributed by atoms with Crippen molar-refractivity contribution in [2.24, 2.45) is 0 Å². The Hall–Kier alpha value is -3.16. The molecule has 0 radical (unpaired) electrons. The molecule has 0 unspecified atom stereocenters. The maximum atomic E-state index is 14.0. The summed E-state index contributed by atoms with van der Waals surface area (Å²) < 4.78 is 33.0. The first-order valence-electron chi connectivity index (χ1n) is 7.72. The molecule has 0 heterocycles. The van der Waals surface area contributed by atoms with Crippen LogP contribution in [0.25, 0.3) is 0 Å². The van der Waals surface area contributed by atoms with Gasteiger partial charge in [-0.1, -0.05) is 6.07 Å². The molecule has 0 aliphatic carbocycles. The van der Waals surface area contributed by atoms with Crippen molar-refractivity contribution < 1.29 is 33.3 Å². The van der Waals surface area contributed by atoms with Gasteiger partial charge in [0.05, 0.1) is 11.3 Å². The van der Waals surface area contributed by atoms with Crippen molar-refractivity contribution in [3.63, 3.8) is 0 Å². The van der Waals surface area contributed by atoms with Crippen molar-refractivity contribution in [2.45, 2.75) is 13.5 Å². The van der Waals surface area contributed by atoms with Gasteiger partial charge in [0.1, 0.15) is 30.5 Å². The molecular formula is C18H17F2NO5. The number of carbonyl (C=O) groups is 2. The monoisotopic (exact) mass is 365 g/mol. The lowest BCUT2D eigenvalue weighted by Crippen LogP contribution is -2.29. The average molecular weight is 365 g/mol. The maximum absolute atomic E-state index is 14.0. The van der Waals surface area contributed by atoms with Gasteiger partial charge in [0.15, 0.2) is 0 Å². The zero-order chi connectivity index (χ0) is 19.3. The fourth-order valence-corrected chi connectivity index (χ4v) is 2.35. The second kappa shape index (κ2) is 8.28. The van der Waals surface area contributed by atoms with Gasteiger partial charge >= 0.3 is 11.9 Å². The highest BCUT2D eigenvalue weighted by molar-refractivity contribution is 5.87. The molecule has 0 saturated heterocycles. The molecule has 2 aromatic rings. The summed E-state index contributed by atoms with van der Waals surface area (Å²) in [5, 5.41) is 17.8. The van der Waals surface area contributed by atoms with E-state index in [1.165, 1.54) is 29.2 Å². The Labute approximate surface area is 148 Å². The number of ether oxygens (including phenoxy) is 1. The molecule has 0 atom stereocenters. The summed E-state index contributed by atoms with van der Waals surface area (Å²) in [7, 11) is 0. The van der Waals surface area contributed by atoms with Crippen molar-refractivity contribution in [2.75, 3.05) is 18.0 Å². The molecule has 2 rings (SSSR count). The standard InChI is InChI=1S/C18H17F2NO5/c1-2-21(9-17(22)23)15-6-5-13(19)8-16(15)26-10-12-4-3-11(18(24)25)7-14(12)20/h3-8H,2,9-10H2,1H3,(H,22,23)(H,24,25). The highest BCUT2D eigenvalue weighted by Crippen LogP contribution is 2.30. The van der Waals surface area contributed by atoms with Crippen molar-refractivity contribution in [1.29, 1.82) is 0 Å². The largest absolute Gasteiger partial charge is 0.487 e. The predicted molar refractivity (Wildman–Crippen MR) is 89.6 cm³/mol. The third-order valence-corrected chi connectivity index (χ3v) is 3.65. The van der Waals surface area contributed by atoms with Gasteiger partial charge in [0.2, 0.25) is 0 Å². The minimum Gasteiger partial charge on any atom is -0.487 e. The Morgan fingerprint density at radius 2 is 1.85 bits per heavy atom. The molecule has 138 valence electrons. The van der Waals surface area contributed by atoms with Crippen molar-refractivity contribution in [3.8, 4) is 5.75 Å². The third kappa shape index (κ3) is 4.69. The number of hydrogen-bond donors (Lipinski definition) is 2. The lowest BCUT2D eigenvalue weighted by molar-refractivity contribution is -0.135. The van der Waals surface area contributed by atoms with Crippen molar-refractivity contribution >= 4 is 17.6 Å². The number of nitrogens with zero attached hydrogens (tertiary/aromatic N) is 1. The fraction of sp³-hybridized carbons (Fsp3) is 0.222. The normalized spacial score (nSPS) is 10.4. The molecule has 2 aromatic carbocycles. The van der Waals surface area contributed by atoms with Crippen LogP contribution in [0.3, 0.4) is 0 Å². The summed E-state index contributed by atoms with van der Waals surface area (Å²) in [5.41, 5.74) is 0.252. The number of carboxylic acid groups (broad SMARTS) is 2. The van der Waals surface area contributed by atoms with E-state index in [1.54, 1.807) is 6.92 Å². The Morgan fingerprint density at radius 1 is 1.12 bits per heavy atom. The number of halogens is 2. The first kappa shape index (κ1) is 19.2. The average Bonchev–Trinajstić information content (AvgIpc) is 2.58. The van der Waals surface area contributed by atoms with E-state index in [0.717, 1.165) is 12.1 Å². The molecule has 0 bridgehead atoms. The van der Waals surface area contributed by atoms with Crippen LogP contribution in [0.1, 0.15) is 22.8 Å². The van der Waals surface area contributed by atoms with E-state index in [1.807, 2.05) is 0 Å². The maximum Gasteiger partial charge on any atom is 0.335 e. The Balaban J connectivity index is 2.25. The van der Waals surface area contributed by atoms with Gasteiger partial charge in [0.25, 0.3) is 0 Å². The van der Waals surface area contributed by atoms with Gasteiger partial charge in [-0.15, -0.1) is 0 Å². The van der Waals surface area contributed by atoms with Crippen LogP contribution >= 0.6 is 0 Å². The Morgan fingerprint density at radius 3 is 2.42 bits per heavy atom. The van der Waals surface area contributed by atoms with Crippen LogP contribution in [0.15, 0.2) is 36.4 Å². The number of carboxylic acids is 2. The highest BCUT2D eigenvalue weighted by Gasteiger charge is 2.16. The minimum absolute atomic E-state index is 0.0646. The third-order valence-electron chi connectivity index (χ3n) is 3.65. The number of aliphatic carboxylic acids is 1. The second-order valence-corrected chi connectivity index (χ2v) is 5.42. The second-order valence-electron chi connectivity index (χ2n) is 5.42. The molecule has 0 spiro atoms.